The molecule has 1 fully saturated rings. The van der Waals surface area contributed by atoms with Gasteiger partial charge in [0.15, 0.2) is 0 Å². The zero-order chi connectivity index (χ0) is 12.0. The Morgan fingerprint density at radius 2 is 2.24 bits per heavy atom. The number of aromatic nitrogens is 1. The number of hydrogen-bond acceptors (Lipinski definition) is 4. The van der Waals surface area contributed by atoms with E-state index in [-0.39, 0.29) is 5.60 Å². The second kappa shape index (κ2) is 3.52. The smallest absolute Gasteiger partial charge is 0.223 e. The molecule has 4 nitrogen and oxygen atoms in total. The average molecular weight is 235 g/mol. The highest BCUT2D eigenvalue weighted by Gasteiger charge is 2.50. The molecule has 1 aromatic rings. The maximum absolute atomic E-state index is 6.10. The van der Waals surface area contributed by atoms with Crippen LogP contribution in [0, 0.1) is 0 Å². The van der Waals surface area contributed by atoms with Crippen LogP contribution < -0.4 is 14.2 Å². The SMILES string of the molecule is COc1cc2c(c(OC)n1)C1CCCC1(C)O2. The highest BCUT2D eigenvalue weighted by molar-refractivity contribution is 5.51. The Hall–Kier alpha value is -1.45. The van der Waals surface area contributed by atoms with E-state index in [1.165, 1.54) is 6.42 Å². The van der Waals surface area contributed by atoms with Crippen LogP contribution in [0.1, 0.15) is 37.7 Å². The van der Waals surface area contributed by atoms with Crippen molar-refractivity contribution in [3.05, 3.63) is 11.6 Å². The number of ether oxygens (including phenoxy) is 3. The number of hydrogen-bond donors (Lipinski definition) is 0. The molecule has 0 saturated heterocycles. The Labute approximate surface area is 101 Å². The number of fused-ring (bicyclic) bond motifs is 3. The minimum Gasteiger partial charge on any atom is -0.486 e. The van der Waals surface area contributed by atoms with E-state index in [4.69, 9.17) is 14.2 Å². The van der Waals surface area contributed by atoms with E-state index in [0.717, 1.165) is 24.2 Å². The van der Waals surface area contributed by atoms with Crippen molar-refractivity contribution in [3.63, 3.8) is 0 Å². The van der Waals surface area contributed by atoms with Crippen molar-refractivity contribution in [1.82, 2.24) is 4.98 Å². The van der Waals surface area contributed by atoms with Crippen LogP contribution in [0.3, 0.4) is 0 Å². The standard InChI is InChI=1S/C13H17NO3/c1-13-6-4-5-8(13)11-9(17-13)7-10(15-2)14-12(11)16-3/h7-8H,4-6H2,1-3H3. The first-order chi connectivity index (χ1) is 8.18. The van der Waals surface area contributed by atoms with Crippen molar-refractivity contribution >= 4 is 0 Å². The fraction of sp³-hybridized carbons (Fsp3) is 0.615. The molecule has 0 spiro atoms. The number of nitrogens with zero attached hydrogens (tertiary/aromatic N) is 1. The summed E-state index contributed by atoms with van der Waals surface area (Å²) in [7, 11) is 3.25. The summed E-state index contributed by atoms with van der Waals surface area (Å²) in [6.45, 7) is 2.18. The molecule has 0 N–H and O–H groups in total. The third kappa shape index (κ3) is 1.39. The summed E-state index contributed by atoms with van der Waals surface area (Å²) < 4.78 is 16.7. The molecule has 2 heterocycles. The summed E-state index contributed by atoms with van der Waals surface area (Å²) in [5.74, 6) is 2.48. The predicted molar refractivity (Wildman–Crippen MR) is 63.0 cm³/mol. The monoisotopic (exact) mass is 235 g/mol. The van der Waals surface area contributed by atoms with Gasteiger partial charge in [0.25, 0.3) is 0 Å². The van der Waals surface area contributed by atoms with E-state index in [1.807, 2.05) is 6.07 Å². The zero-order valence-corrected chi connectivity index (χ0v) is 10.4. The Bertz CT molecular complexity index is 460. The molecular weight excluding hydrogens is 218 g/mol. The highest BCUT2D eigenvalue weighted by atomic mass is 16.5. The summed E-state index contributed by atoms with van der Waals surface area (Å²) in [6.07, 6.45) is 3.45. The molecule has 1 saturated carbocycles. The Morgan fingerprint density at radius 3 is 2.94 bits per heavy atom. The molecule has 0 amide bonds. The van der Waals surface area contributed by atoms with Crippen LogP contribution in [0.25, 0.3) is 0 Å². The van der Waals surface area contributed by atoms with Crippen molar-refractivity contribution in [1.29, 1.82) is 0 Å². The predicted octanol–water partition coefficient (Wildman–Crippen LogP) is 2.52. The second-order valence-corrected chi connectivity index (χ2v) is 4.95. The van der Waals surface area contributed by atoms with Crippen LogP contribution in [-0.4, -0.2) is 24.8 Å². The molecule has 0 bridgehead atoms. The maximum atomic E-state index is 6.10. The summed E-state index contributed by atoms with van der Waals surface area (Å²) in [5, 5.41) is 0. The van der Waals surface area contributed by atoms with Crippen molar-refractivity contribution in [2.24, 2.45) is 0 Å². The molecule has 92 valence electrons. The molecule has 0 radical (unpaired) electrons. The van der Waals surface area contributed by atoms with E-state index in [0.29, 0.717) is 17.7 Å². The van der Waals surface area contributed by atoms with Crippen molar-refractivity contribution < 1.29 is 14.2 Å². The summed E-state index contributed by atoms with van der Waals surface area (Å²) in [5.41, 5.74) is 1.04. The molecule has 3 rings (SSSR count). The number of rotatable bonds is 2. The summed E-state index contributed by atoms with van der Waals surface area (Å²) in [6, 6.07) is 1.86. The molecule has 4 heteroatoms. The van der Waals surface area contributed by atoms with Crippen LogP contribution in [0.2, 0.25) is 0 Å². The van der Waals surface area contributed by atoms with Gasteiger partial charge in [-0.05, 0) is 26.2 Å². The molecule has 1 aromatic heterocycles. The molecule has 17 heavy (non-hydrogen) atoms. The lowest BCUT2D eigenvalue weighted by Crippen LogP contribution is -2.29. The van der Waals surface area contributed by atoms with Crippen LogP contribution in [0.15, 0.2) is 6.07 Å². The lowest BCUT2D eigenvalue weighted by molar-refractivity contribution is 0.107. The van der Waals surface area contributed by atoms with Crippen LogP contribution in [0.5, 0.6) is 17.5 Å². The molecule has 1 aliphatic heterocycles. The first-order valence-corrected chi connectivity index (χ1v) is 6.00. The van der Waals surface area contributed by atoms with Gasteiger partial charge in [0.1, 0.15) is 11.4 Å². The number of pyridine rings is 1. The van der Waals surface area contributed by atoms with Gasteiger partial charge >= 0.3 is 0 Å². The van der Waals surface area contributed by atoms with Gasteiger partial charge in [0.2, 0.25) is 11.8 Å². The Kier molecular flexibility index (Phi) is 2.21. The van der Waals surface area contributed by atoms with Gasteiger partial charge in [-0.15, -0.1) is 0 Å². The Morgan fingerprint density at radius 1 is 1.41 bits per heavy atom. The third-order valence-corrected chi connectivity index (χ3v) is 3.96. The summed E-state index contributed by atoms with van der Waals surface area (Å²) >= 11 is 0. The molecular formula is C13H17NO3. The van der Waals surface area contributed by atoms with E-state index in [2.05, 4.69) is 11.9 Å². The Balaban J connectivity index is 2.13. The van der Waals surface area contributed by atoms with Gasteiger partial charge in [-0.25, -0.2) is 0 Å². The highest BCUT2D eigenvalue weighted by Crippen LogP contribution is 2.56. The topological polar surface area (TPSA) is 40.6 Å². The zero-order valence-electron chi connectivity index (χ0n) is 10.4. The molecule has 2 atom stereocenters. The van der Waals surface area contributed by atoms with E-state index < -0.39 is 0 Å². The third-order valence-electron chi connectivity index (χ3n) is 3.96. The maximum Gasteiger partial charge on any atom is 0.223 e. The average Bonchev–Trinajstić information content (AvgIpc) is 2.80. The van der Waals surface area contributed by atoms with Crippen LogP contribution >= 0.6 is 0 Å². The first kappa shape index (κ1) is 10.7. The fourth-order valence-corrected chi connectivity index (χ4v) is 3.11. The summed E-state index contributed by atoms with van der Waals surface area (Å²) in [4.78, 5) is 4.35. The van der Waals surface area contributed by atoms with Gasteiger partial charge in [0.05, 0.1) is 19.8 Å². The van der Waals surface area contributed by atoms with Crippen molar-refractivity contribution in [2.45, 2.75) is 37.7 Å². The van der Waals surface area contributed by atoms with Gasteiger partial charge in [0, 0.05) is 12.0 Å². The van der Waals surface area contributed by atoms with Crippen LogP contribution in [0.4, 0.5) is 0 Å². The van der Waals surface area contributed by atoms with Crippen LogP contribution in [-0.2, 0) is 0 Å². The number of methoxy groups -OCH3 is 2. The van der Waals surface area contributed by atoms with Crippen molar-refractivity contribution in [3.8, 4) is 17.5 Å². The molecule has 2 aliphatic rings. The van der Waals surface area contributed by atoms with E-state index in [1.54, 1.807) is 14.2 Å². The van der Waals surface area contributed by atoms with Gasteiger partial charge < -0.3 is 14.2 Å². The van der Waals surface area contributed by atoms with Gasteiger partial charge in [-0.1, -0.05) is 0 Å². The first-order valence-electron chi connectivity index (χ1n) is 6.00. The normalized spacial score (nSPS) is 29.5. The lowest BCUT2D eigenvalue weighted by Gasteiger charge is -2.23. The van der Waals surface area contributed by atoms with Crippen molar-refractivity contribution in [2.75, 3.05) is 14.2 Å². The van der Waals surface area contributed by atoms with E-state index >= 15 is 0 Å². The molecule has 2 unspecified atom stereocenters. The molecule has 1 aliphatic carbocycles. The quantitative estimate of drug-likeness (QED) is 0.789. The lowest BCUT2D eigenvalue weighted by atomic mass is 9.89. The minimum atomic E-state index is -0.0797. The minimum absolute atomic E-state index is 0.0797. The largest absolute Gasteiger partial charge is 0.486 e. The fourth-order valence-electron chi connectivity index (χ4n) is 3.11. The second-order valence-electron chi connectivity index (χ2n) is 4.95. The van der Waals surface area contributed by atoms with Gasteiger partial charge in [-0.2, -0.15) is 4.98 Å². The molecule has 0 aromatic carbocycles. The van der Waals surface area contributed by atoms with E-state index in [9.17, 15) is 0 Å². The van der Waals surface area contributed by atoms with Gasteiger partial charge in [-0.3, -0.25) is 0 Å².